The summed E-state index contributed by atoms with van der Waals surface area (Å²) in [6.45, 7) is 1.96. The molecule has 0 amide bonds. The third kappa shape index (κ3) is 4.30. The molecule has 4 rings (SSSR count). The van der Waals surface area contributed by atoms with Gasteiger partial charge in [0.25, 0.3) is 0 Å². The molecule has 1 N–H and O–H groups in total. The average molecular weight is 407 g/mol. The van der Waals surface area contributed by atoms with Crippen molar-refractivity contribution in [1.29, 1.82) is 0 Å². The van der Waals surface area contributed by atoms with E-state index in [1.165, 1.54) is 0 Å². The molecule has 2 aromatic carbocycles. The molecule has 0 spiro atoms. The van der Waals surface area contributed by atoms with Crippen molar-refractivity contribution in [3.63, 3.8) is 0 Å². The first-order valence-electron chi connectivity index (χ1n) is 9.33. The second kappa shape index (κ2) is 8.05. The molecule has 1 aliphatic carbocycles. The highest BCUT2D eigenvalue weighted by atomic mass is 35.5. The molecule has 146 valence electrons. The van der Waals surface area contributed by atoms with Gasteiger partial charge in [-0.1, -0.05) is 35.9 Å². The second-order valence-corrected chi connectivity index (χ2v) is 7.43. The molecule has 3 aromatic rings. The third-order valence-electron chi connectivity index (χ3n) is 4.83. The van der Waals surface area contributed by atoms with E-state index >= 15 is 0 Å². The van der Waals surface area contributed by atoms with Gasteiger partial charge in [0.15, 0.2) is 0 Å². The highest BCUT2D eigenvalue weighted by Gasteiger charge is 2.28. The number of benzene rings is 2. The number of nitrogens with zero attached hydrogens (tertiary/aromatic N) is 2. The topological polar surface area (TPSA) is 72.3 Å². The van der Waals surface area contributed by atoms with E-state index in [-0.39, 0.29) is 5.76 Å². The summed E-state index contributed by atoms with van der Waals surface area (Å²) in [7, 11) is 0. The van der Waals surface area contributed by atoms with Crippen molar-refractivity contribution >= 4 is 23.3 Å². The Hall–Kier alpha value is -3.18. The molecule has 1 fully saturated rings. The smallest absolute Gasteiger partial charge is 0.332 e. The lowest BCUT2D eigenvalue weighted by molar-refractivity contribution is -0.131. The first-order valence-corrected chi connectivity index (χ1v) is 9.70. The van der Waals surface area contributed by atoms with Gasteiger partial charge in [-0.3, -0.25) is 0 Å². The van der Waals surface area contributed by atoms with E-state index in [0.717, 1.165) is 35.6 Å². The number of halogens is 1. The predicted octanol–water partition coefficient (Wildman–Crippen LogP) is 5.49. The van der Waals surface area contributed by atoms with Gasteiger partial charge in [0.05, 0.1) is 16.8 Å². The lowest BCUT2D eigenvalue weighted by Crippen LogP contribution is -2.03. The minimum absolute atomic E-state index is 0.199. The van der Waals surface area contributed by atoms with Gasteiger partial charge in [0.2, 0.25) is 0 Å². The van der Waals surface area contributed by atoms with Crippen LogP contribution in [0.2, 0.25) is 5.02 Å². The Kier molecular flexibility index (Phi) is 5.32. The van der Waals surface area contributed by atoms with Gasteiger partial charge < -0.3 is 9.84 Å². The van der Waals surface area contributed by atoms with Crippen LogP contribution in [0.5, 0.6) is 5.75 Å². The Morgan fingerprint density at radius 3 is 2.69 bits per heavy atom. The molecule has 1 saturated carbocycles. The second-order valence-electron chi connectivity index (χ2n) is 7.02. The van der Waals surface area contributed by atoms with Crippen LogP contribution in [0, 0.1) is 6.92 Å². The van der Waals surface area contributed by atoms with Gasteiger partial charge in [0.1, 0.15) is 11.5 Å². The SMILES string of the molecule is Cc1cccc(C2CC2)c1OC(=CC(=O)O)c1ccc(-c2cccnn2)cc1Cl. The van der Waals surface area contributed by atoms with E-state index < -0.39 is 5.97 Å². The van der Waals surface area contributed by atoms with Gasteiger partial charge in [-0.05, 0) is 61.1 Å². The zero-order chi connectivity index (χ0) is 20.4. The molecule has 6 heteroatoms. The highest BCUT2D eigenvalue weighted by Crippen LogP contribution is 2.46. The van der Waals surface area contributed by atoms with Crippen LogP contribution in [0.3, 0.4) is 0 Å². The van der Waals surface area contributed by atoms with Crippen LogP contribution in [-0.4, -0.2) is 21.3 Å². The zero-order valence-electron chi connectivity index (χ0n) is 15.8. The Labute approximate surface area is 173 Å². The highest BCUT2D eigenvalue weighted by molar-refractivity contribution is 6.32. The Bertz CT molecular complexity index is 1090. The number of hydrogen-bond acceptors (Lipinski definition) is 4. The summed E-state index contributed by atoms with van der Waals surface area (Å²) in [4.78, 5) is 11.5. The largest absolute Gasteiger partial charge is 0.478 e. The summed E-state index contributed by atoms with van der Waals surface area (Å²) < 4.78 is 6.17. The van der Waals surface area contributed by atoms with Crippen molar-refractivity contribution in [2.75, 3.05) is 0 Å². The molecule has 29 heavy (non-hydrogen) atoms. The third-order valence-corrected chi connectivity index (χ3v) is 5.14. The summed E-state index contributed by atoms with van der Waals surface area (Å²) in [5, 5.41) is 17.7. The molecule has 1 aromatic heterocycles. The van der Waals surface area contributed by atoms with Crippen molar-refractivity contribution in [2.45, 2.75) is 25.7 Å². The van der Waals surface area contributed by atoms with Crippen LogP contribution in [0.25, 0.3) is 17.0 Å². The molecular weight excluding hydrogens is 388 g/mol. The number of rotatable bonds is 6. The van der Waals surface area contributed by atoms with Crippen molar-refractivity contribution in [3.8, 4) is 17.0 Å². The number of hydrogen-bond donors (Lipinski definition) is 1. The number of aromatic nitrogens is 2. The van der Waals surface area contributed by atoms with E-state index in [0.29, 0.717) is 27.9 Å². The number of carbonyl (C=O) groups is 1. The van der Waals surface area contributed by atoms with E-state index in [9.17, 15) is 9.90 Å². The Morgan fingerprint density at radius 1 is 1.21 bits per heavy atom. The zero-order valence-corrected chi connectivity index (χ0v) is 16.6. The van der Waals surface area contributed by atoms with Crippen LogP contribution in [0.1, 0.15) is 35.4 Å². The maximum atomic E-state index is 11.5. The van der Waals surface area contributed by atoms with Gasteiger partial charge in [-0.2, -0.15) is 10.2 Å². The molecular formula is C23H19ClN2O3. The lowest BCUT2D eigenvalue weighted by Gasteiger charge is -2.17. The van der Waals surface area contributed by atoms with E-state index in [4.69, 9.17) is 16.3 Å². The van der Waals surface area contributed by atoms with E-state index in [1.807, 2.05) is 37.3 Å². The van der Waals surface area contributed by atoms with Gasteiger partial charge in [-0.25, -0.2) is 4.79 Å². The van der Waals surface area contributed by atoms with Gasteiger partial charge in [0, 0.05) is 17.3 Å². The minimum atomic E-state index is -1.10. The molecule has 0 radical (unpaired) electrons. The molecule has 0 saturated heterocycles. The van der Waals surface area contributed by atoms with Crippen molar-refractivity contribution in [3.05, 3.63) is 82.5 Å². The summed E-state index contributed by atoms with van der Waals surface area (Å²) in [6, 6.07) is 14.9. The maximum absolute atomic E-state index is 11.5. The number of carboxylic acid groups (broad SMARTS) is 1. The molecule has 1 heterocycles. The number of aryl methyl sites for hydroxylation is 1. The minimum Gasteiger partial charge on any atom is -0.478 e. The normalized spacial score (nSPS) is 13.9. The monoisotopic (exact) mass is 406 g/mol. The standard InChI is InChI=1S/C23H19ClN2O3/c1-14-4-2-5-17(15-7-8-15)23(14)29-21(13-22(27)28)18-10-9-16(12-19(18)24)20-6-3-11-25-26-20/h2-6,9-13,15H,7-8H2,1H3,(H,27,28). The summed E-state index contributed by atoms with van der Waals surface area (Å²) in [5.41, 5.74) is 4.04. The molecule has 0 aliphatic heterocycles. The quantitative estimate of drug-likeness (QED) is 0.433. The van der Waals surface area contributed by atoms with Crippen LogP contribution < -0.4 is 4.74 Å². The summed E-state index contributed by atoms with van der Waals surface area (Å²) in [6.07, 6.45) is 4.88. The summed E-state index contributed by atoms with van der Waals surface area (Å²) in [5.74, 6) is 0.266. The van der Waals surface area contributed by atoms with Crippen LogP contribution in [0.15, 0.2) is 60.8 Å². The first-order chi connectivity index (χ1) is 14.0. The average Bonchev–Trinajstić information content (AvgIpc) is 3.54. The lowest BCUT2D eigenvalue weighted by atomic mass is 10.0. The van der Waals surface area contributed by atoms with Gasteiger partial charge >= 0.3 is 5.97 Å². The predicted molar refractivity (Wildman–Crippen MR) is 112 cm³/mol. The first kappa shape index (κ1) is 19.2. The van der Waals surface area contributed by atoms with Crippen molar-refractivity contribution in [2.24, 2.45) is 0 Å². The maximum Gasteiger partial charge on any atom is 0.332 e. The number of aliphatic carboxylic acids is 1. The van der Waals surface area contributed by atoms with E-state index in [2.05, 4.69) is 10.2 Å². The fourth-order valence-electron chi connectivity index (χ4n) is 3.24. The van der Waals surface area contributed by atoms with Gasteiger partial charge in [-0.15, -0.1) is 0 Å². The number of carboxylic acids is 1. The Balaban J connectivity index is 1.73. The van der Waals surface area contributed by atoms with E-state index in [1.54, 1.807) is 24.4 Å². The van der Waals surface area contributed by atoms with Crippen LogP contribution >= 0.6 is 11.6 Å². The van der Waals surface area contributed by atoms with Crippen molar-refractivity contribution in [1.82, 2.24) is 10.2 Å². The van der Waals surface area contributed by atoms with Crippen molar-refractivity contribution < 1.29 is 14.6 Å². The molecule has 0 atom stereocenters. The van der Waals surface area contributed by atoms with Crippen LogP contribution in [-0.2, 0) is 4.79 Å². The van der Waals surface area contributed by atoms with Crippen LogP contribution in [0.4, 0.5) is 0 Å². The Morgan fingerprint density at radius 2 is 2.03 bits per heavy atom. The molecule has 0 bridgehead atoms. The number of ether oxygens (including phenoxy) is 1. The molecule has 1 aliphatic rings. The fourth-order valence-corrected chi connectivity index (χ4v) is 3.52. The number of para-hydroxylation sites is 1. The summed E-state index contributed by atoms with van der Waals surface area (Å²) >= 11 is 6.52. The molecule has 0 unspecified atom stereocenters. The molecule has 5 nitrogen and oxygen atoms in total. The fraction of sp³-hybridized carbons (Fsp3) is 0.174.